The second kappa shape index (κ2) is 2.70. The van der Waals surface area contributed by atoms with Crippen LogP contribution in [0, 0.1) is 11.8 Å². The summed E-state index contributed by atoms with van der Waals surface area (Å²) in [4.78, 5) is 0. The van der Waals surface area contributed by atoms with E-state index >= 15 is 0 Å². The molecule has 1 heteroatoms. The molecule has 0 aromatic heterocycles. The fourth-order valence-corrected chi connectivity index (χ4v) is 1.40. The highest BCUT2D eigenvalue weighted by atomic mass is 16.3. The van der Waals surface area contributed by atoms with Crippen LogP contribution in [0.3, 0.4) is 0 Å². The van der Waals surface area contributed by atoms with Crippen LogP contribution in [0.5, 0.6) is 0 Å². The number of hydrogen-bond donors (Lipinski definition) is 1. The van der Waals surface area contributed by atoms with Crippen molar-refractivity contribution in [3.63, 3.8) is 0 Å². The molecule has 1 rings (SSSR count). The van der Waals surface area contributed by atoms with Crippen LogP contribution >= 0.6 is 0 Å². The van der Waals surface area contributed by atoms with E-state index < -0.39 is 0 Å². The lowest BCUT2D eigenvalue weighted by molar-refractivity contribution is 0.247. The Morgan fingerprint density at radius 1 is 1.44 bits per heavy atom. The van der Waals surface area contributed by atoms with E-state index in [1.807, 2.05) is 0 Å². The van der Waals surface area contributed by atoms with Crippen molar-refractivity contribution >= 4 is 0 Å². The average molecular weight is 128 g/mol. The topological polar surface area (TPSA) is 20.2 Å². The normalized spacial score (nSPS) is 41.0. The molecule has 1 N–H and O–H groups in total. The van der Waals surface area contributed by atoms with Gasteiger partial charge >= 0.3 is 0 Å². The Labute approximate surface area is 57.1 Å². The maximum absolute atomic E-state index is 9.12. The van der Waals surface area contributed by atoms with Crippen molar-refractivity contribution in [1.82, 2.24) is 0 Å². The van der Waals surface area contributed by atoms with Crippen LogP contribution in [0.1, 0.15) is 33.1 Å². The quantitative estimate of drug-likeness (QED) is 0.614. The molecule has 0 saturated heterocycles. The maximum atomic E-state index is 9.12. The van der Waals surface area contributed by atoms with Gasteiger partial charge in [0.15, 0.2) is 0 Å². The molecule has 0 heterocycles. The summed E-state index contributed by atoms with van der Waals surface area (Å²) in [5.41, 5.74) is 0. The Hall–Kier alpha value is -0.0400. The molecule has 0 aromatic carbocycles. The van der Waals surface area contributed by atoms with Crippen molar-refractivity contribution in [3.05, 3.63) is 0 Å². The molecule has 1 nitrogen and oxygen atoms in total. The minimum Gasteiger partial charge on any atom is -0.393 e. The maximum Gasteiger partial charge on any atom is 0.0601 e. The van der Waals surface area contributed by atoms with Crippen LogP contribution in [-0.2, 0) is 0 Å². The Bertz CT molecular complexity index is 82.6. The second-order valence-electron chi connectivity index (χ2n) is 3.16. The van der Waals surface area contributed by atoms with E-state index in [4.69, 9.17) is 5.11 Å². The summed E-state index contributed by atoms with van der Waals surface area (Å²) in [7, 11) is 0. The van der Waals surface area contributed by atoms with Gasteiger partial charge in [-0.3, -0.25) is 0 Å². The smallest absolute Gasteiger partial charge is 0.0601 e. The summed E-state index contributed by atoms with van der Waals surface area (Å²) in [5, 5.41) is 9.12. The molecule has 0 spiro atoms. The first-order chi connectivity index (χ1) is 4.27. The lowest BCUT2D eigenvalue weighted by Gasteiger charge is -1.91. The van der Waals surface area contributed by atoms with Crippen LogP contribution in [0.2, 0.25) is 0 Å². The van der Waals surface area contributed by atoms with Gasteiger partial charge in [-0.15, -0.1) is 0 Å². The van der Waals surface area contributed by atoms with Gasteiger partial charge in [-0.2, -0.15) is 0 Å². The van der Waals surface area contributed by atoms with E-state index in [0.717, 1.165) is 0 Å². The Balaban J connectivity index is 2.04. The van der Waals surface area contributed by atoms with Gasteiger partial charge in [-0.05, 0) is 18.3 Å². The van der Waals surface area contributed by atoms with Crippen molar-refractivity contribution in [2.45, 2.75) is 39.2 Å². The predicted octanol–water partition coefficient (Wildman–Crippen LogP) is 1.80. The van der Waals surface area contributed by atoms with Crippen LogP contribution in [-0.4, -0.2) is 11.2 Å². The summed E-state index contributed by atoms with van der Waals surface area (Å²) in [6.07, 6.45) is 3.82. The number of aliphatic hydroxyl groups is 1. The van der Waals surface area contributed by atoms with Gasteiger partial charge in [-0.1, -0.05) is 26.7 Å². The molecular weight excluding hydrogens is 112 g/mol. The molecule has 1 aliphatic rings. The van der Waals surface area contributed by atoms with E-state index in [2.05, 4.69) is 13.8 Å². The van der Waals surface area contributed by atoms with E-state index in [-0.39, 0.29) is 6.10 Å². The van der Waals surface area contributed by atoms with Crippen LogP contribution in [0.25, 0.3) is 0 Å². The van der Waals surface area contributed by atoms with Gasteiger partial charge in [0.2, 0.25) is 0 Å². The van der Waals surface area contributed by atoms with E-state index in [9.17, 15) is 0 Å². The highest BCUT2D eigenvalue weighted by Crippen LogP contribution is 2.41. The summed E-state index contributed by atoms with van der Waals surface area (Å²) >= 11 is 0. The Kier molecular flexibility index (Phi) is 2.12. The minimum absolute atomic E-state index is 0.0385. The second-order valence-corrected chi connectivity index (χ2v) is 3.16. The fourth-order valence-electron chi connectivity index (χ4n) is 1.40. The standard InChI is InChI=1S/C8H16O/c1-3-4-5-7-6(2)8(7)9/h6-9H,3-5H2,1-2H3. The summed E-state index contributed by atoms with van der Waals surface area (Å²) in [5.74, 6) is 1.24. The van der Waals surface area contributed by atoms with Gasteiger partial charge in [0.1, 0.15) is 0 Å². The molecule has 1 aliphatic carbocycles. The monoisotopic (exact) mass is 128 g/mol. The van der Waals surface area contributed by atoms with Gasteiger partial charge in [0.05, 0.1) is 6.10 Å². The van der Waals surface area contributed by atoms with E-state index in [0.29, 0.717) is 11.8 Å². The van der Waals surface area contributed by atoms with Crippen molar-refractivity contribution < 1.29 is 5.11 Å². The van der Waals surface area contributed by atoms with Crippen molar-refractivity contribution in [3.8, 4) is 0 Å². The first-order valence-electron chi connectivity index (χ1n) is 3.95. The largest absolute Gasteiger partial charge is 0.393 e. The van der Waals surface area contributed by atoms with Crippen LogP contribution < -0.4 is 0 Å². The third-order valence-electron chi connectivity index (χ3n) is 2.40. The van der Waals surface area contributed by atoms with Gasteiger partial charge in [-0.25, -0.2) is 0 Å². The summed E-state index contributed by atoms with van der Waals surface area (Å²) < 4.78 is 0. The van der Waals surface area contributed by atoms with Gasteiger partial charge in [0, 0.05) is 0 Å². The number of rotatable bonds is 3. The van der Waals surface area contributed by atoms with E-state index in [1.165, 1.54) is 19.3 Å². The number of hydrogen-bond acceptors (Lipinski definition) is 1. The lowest BCUT2D eigenvalue weighted by atomic mass is 10.1. The number of aliphatic hydroxyl groups excluding tert-OH is 1. The molecule has 0 bridgehead atoms. The van der Waals surface area contributed by atoms with E-state index in [1.54, 1.807) is 0 Å². The lowest BCUT2D eigenvalue weighted by Crippen LogP contribution is -1.84. The number of unbranched alkanes of at least 4 members (excludes halogenated alkanes) is 1. The minimum atomic E-state index is 0.0385. The zero-order chi connectivity index (χ0) is 6.85. The zero-order valence-corrected chi connectivity index (χ0v) is 6.30. The molecule has 1 saturated carbocycles. The third-order valence-corrected chi connectivity index (χ3v) is 2.40. The molecular formula is C8H16O. The molecule has 3 atom stereocenters. The van der Waals surface area contributed by atoms with Crippen molar-refractivity contribution in [2.75, 3.05) is 0 Å². The summed E-state index contributed by atoms with van der Waals surface area (Å²) in [6.45, 7) is 4.32. The van der Waals surface area contributed by atoms with Gasteiger partial charge < -0.3 is 5.11 Å². The first-order valence-corrected chi connectivity index (χ1v) is 3.95. The zero-order valence-electron chi connectivity index (χ0n) is 6.30. The molecule has 54 valence electrons. The SMILES string of the molecule is CCCCC1C(C)C1O. The molecule has 9 heavy (non-hydrogen) atoms. The van der Waals surface area contributed by atoms with Crippen LogP contribution in [0.15, 0.2) is 0 Å². The average Bonchev–Trinajstić information content (AvgIpc) is 2.39. The fraction of sp³-hybridized carbons (Fsp3) is 1.00. The van der Waals surface area contributed by atoms with Gasteiger partial charge in [0.25, 0.3) is 0 Å². The molecule has 0 aliphatic heterocycles. The highest BCUT2D eigenvalue weighted by molar-refractivity contribution is 4.93. The predicted molar refractivity (Wildman–Crippen MR) is 38.2 cm³/mol. The molecule has 1 fully saturated rings. The summed E-state index contributed by atoms with van der Waals surface area (Å²) in [6, 6.07) is 0. The van der Waals surface area contributed by atoms with Crippen LogP contribution in [0.4, 0.5) is 0 Å². The molecule has 0 amide bonds. The first kappa shape index (κ1) is 7.07. The highest BCUT2D eigenvalue weighted by Gasteiger charge is 2.44. The van der Waals surface area contributed by atoms with Crippen molar-refractivity contribution in [2.24, 2.45) is 11.8 Å². The molecule has 0 radical (unpaired) electrons. The van der Waals surface area contributed by atoms with Crippen molar-refractivity contribution in [1.29, 1.82) is 0 Å². The molecule has 3 unspecified atom stereocenters. The Morgan fingerprint density at radius 2 is 2.00 bits per heavy atom. The molecule has 0 aromatic rings. The Morgan fingerprint density at radius 3 is 2.33 bits per heavy atom. The third kappa shape index (κ3) is 1.45.